The lowest BCUT2D eigenvalue weighted by molar-refractivity contribution is -0.126. The van der Waals surface area contributed by atoms with Gasteiger partial charge in [0, 0.05) is 18.9 Å². The number of rotatable bonds is 3. The molecule has 1 heterocycles. The summed E-state index contributed by atoms with van der Waals surface area (Å²) in [5, 5.41) is 3.11. The molecule has 3 nitrogen and oxygen atoms in total. The molecule has 1 aliphatic heterocycles. The standard InChI is InChI=1S/C18H21NO2/c20-18(17-8-12-5-6-14(17)7-12)19-10-16-9-13-3-1-2-4-15(13)11-21-16/h1-6,12,14,16-17H,7-11H2,(H,19,20). The number of allylic oxidation sites excluding steroid dienone is 2. The zero-order valence-electron chi connectivity index (χ0n) is 12.1. The Bertz CT molecular complexity index is 580. The highest BCUT2D eigenvalue weighted by atomic mass is 16.5. The van der Waals surface area contributed by atoms with Crippen LogP contribution in [0, 0.1) is 17.8 Å². The third kappa shape index (κ3) is 2.51. The van der Waals surface area contributed by atoms with E-state index in [9.17, 15) is 4.79 Å². The molecule has 3 aliphatic rings. The monoisotopic (exact) mass is 283 g/mol. The molecule has 1 aromatic rings. The summed E-state index contributed by atoms with van der Waals surface area (Å²) in [5.41, 5.74) is 2.63. The van der Waals surface area contributed by atoms with Crippen LogP contribution in [-0.4, -0.2) is 18.6 Å². The zero-order valence-corrected chi connectivity index (χ0v) is 12.1. The highest BCUT2D eigenvalue weighted by Gasteiger charge is 2.39. The Kier molecular flexibility index (Phi) is 3.30. The van der Waals surface area contributed by atoms with Gasteiger partial charge in [0.1, 0.15) is 0 Å². The predicted octanol–water partition coefficient (Wildman–Crippen LogP) is 2.46. The van der Waals surface area contributed by atoms with E-state index in [0.29, 0.717) is 25.0 Å². The molecule has 2 aliphatic carbocycles. The average molecular weight is 283 g/mol. The molecular formula is C18H21NO2. The van der Waals surface area contributed by atoms with E-state index in [1.807, 2.05) is 6.07 Å². The molecule has 4 atom stereocenters. The smallest absolute Gasteiger partial charge is 0.223 e. The third-order valence-electron chi connectivity index (χ3n) is 5.16. The van der Waals surface area contributed by atoms with Crippen molar-refractivity contribution in [2.24, 2.45) is 17.8 Å². The first-order chi connectivity index (χ1) is 10.3. The summed E-state index contributed by atoms with van der Waals surface area (Å²) in [7, 11) is 0. The number of hydrogen-bond donors (Lipinski definition) is 1. The molecule has 0 aromatic heterocycles. The van der Waals surface area contributed by atoms with E-state index < -0.39 is 0 Å². The van der Waals surface area contributed by atoms with Gasteiger partial charge < -0.3 is 10.1 Å². The van der Waals surface area contributed by atoms with Crippen molar-refractivity contribution in [1.29, 1.82) is 0 Å². The fourth-order valence-corrected chi connectivity index (χ4v) is 3.97. The molecule has 3 heteroatoms. The summed E-state index contributed by atoms with van der Waals surface area (Å²) in [4.78, 5) is 12.3. The number of fused-ring (bicyclic) bond motifs is 3. The Morgan fingerprint density at radius 1 is 1.19 bits per heavy atom. The van der Waals surface area contributed by atoms with Gasteiger partial charge in [-0.05, 0) is 35.8 Å². The van der Waals surface area contributed by atoms with Gasteiger partial charge in [0.25, 0.3) is 0 Å². The zero-order chi connectivity index (χ0) is 14.2. The summed E-state index contributed by atoms with van der Waals surface area (Å²) in [6.45, 7) is 1.29. The molecule has 4 unspecified atom stereocenters. The summed E-state index contributed by atoms with van der Waals surface area (Å²) in [6.07, 6.45) is 7.71. The van der Waals surface area contributed by atoms with Crippen molar-refractivity contribution in [3.8, 4) is 0 Å². The van der Waals surface area contributed by atoms with Crippen molar-refractivity contribution in [2.45, 2.75) is 32.0 Å². The minimum Gasteiger partial charge on any atom is -0.371 e. The van der Waals surface area contributed by atoms with Crippen LogP contribution in [-0.2, 0) is 22.6 Å². The molecule has 0 radical (unpaired) electrons. The van der Waals surface area contributed by atoms with Crippen LogP contribution in [0.25, 0.3) is 0 Å². The van der Waals surface area contributed by atoms with Gasteiger partial charge in [0.2, 0.25) is 5.91 Å². The SMILES string of the molecule is O=C(NCC1Cc2ccccc2CO1)C1CC2C=CC1C2. The first-order valence-corrected chi connectivity index (χ1v) is 7.94. The molecule has 1 aromatic carbocycles. The van der Waals surface area contributed by atoms with Gasteiger partial charge in [-0.2, -0.15) is 0 Å². The Labute approximate surface area is 125 Å². The van der Waals surface area contributed by atoms with Crippen molar-refractivity contribution in [3.63, 3.8) is 0 Å². The number of benzene rings is 1. The Morgan fingerprint density at radius 3 is 2.81 bits per heavy atom. The van der Waals surface area contributed by atoms with E-state index in [1.54, 1.807) is 0 Å². The summed E-state index contributed by atoms with van der Waals surface area (Å²) in [5.74, 6) is 1.52. The molecule has 0 saturated heterocycles. The lowest BCUT2D eigenvalue weighted by Crippen LogP contribution is -2.40. The van der Waals surface area contributed by atoms with Gasteiger partial charge in [0.15, 0.2) is 0 Å². The Morgan fingerprint density at radius 2 is 2.05 bits per heavy atom. The van der Waals surface area contributed by atoms with Gasteiger partial charge >= 0.3 is 0 Å². The topological polar surface area (TPSA) is 38.3 Å². The molecule has 21 heavy (non-hydrogen) atoms. The van der Waals surface area contributed by atoms with Crippen molar-refractivity contribution in [2.75, 3.05) is 6.54 Å². The lowest BCUT2D eigenvalue weighted by atomic mass is 9.92. The van der Waals surface area contributed by atoms with Crippen molar-refractivity contribution < 1.29 is 9.53 Å². The molecule has 0 spiro atoms. The van der Waals surface area contributed by atoms with Crippen LogP contribution in [0.3, 0.4) is 0 Å². The van der Waals surface area contributed by atoms with E-state index in [1.165, 1.54) is 17.5 Å². The average Bonchev–Trinajstić information content (AvgIpc) is 3.15. The second-order valence-corrected chi connectivity index (χ2v) is 6.54. The minimum absolute atomic E-state index is 0.109. The second kappa shape index (κ2) is 5.30. The lowest BCUT2D eigenvalue weighted by Gasteiger charge is -2.26. The summed E-state index contributed by atoms with van der Waals surface area (Å²) in [6, 6.07) is 8.40. The largest absolute Gasteiger partial charge is 0.371 e. The highest BCUT2D eigenvalue weighted by Crippen LogP contribution is 2.43. The van der Waals surface area contributed by atoms with Crippen molar-refractivity contribution in [3.05, 3.63) is 47.5 Å². The van der Waals surface area contributed by atoms with Gasteiger partial charge in [-0.15, -0.1) is 0 Å². The fraction of sp³-hybridized carbons (Fsp3) is 0.500. The normalized spacial score (nSPS) is 33.0. The first-order valence-electron chi connectivity index (χ1n) is 7.94. The van der Waals surface area contributed by atoms with Crippen LogP contribution in [0.4, 0.5) is 0 Å². The van der Waals surface area contributed by atoms with Gasteiger partial charge in [-0.3, -0.25) is 4.79 Å². The molecule has 2 bridgehead atoms. The van der Waals surface area contributed by atoms with Gasteiger partial charge in [-0.25, -0.2) is 0 Å². The van der Waals surface area contributed by atoms with Gasteiger partial charge in [0.05, 0.1) is 12.7 Å². The van der Waals surface area contributed by atoms with E-state index in [2.05, 4.69) is 35.7 Å². The van der Waals surface area contributed by atoms with E-state index in [4.69, 9.17) is 4.74 Å². The van der Waals surface area contributed by atoms with Crippen LogP contribution < -0.4 is 5.32 Å². The van der Waals surface area contributed by atoms with Crippen molar-refractivity contribution >= 4 is 5.91 Å². The number of hydrogen-bond acceptors (Lipinski definition) is 2. The molecule has 4 rings (SSSR count). The predicted molar refractivity (Wildman–Crippen MR) is 80.6 cm³/mol. The summed E-state index contributed by atoms with van der Waals surface area (Å²) < 4.78 is 5.85. The maximum absolute atomic E-state index is 12.3. The molecule has 1 fully saturated rings. The van der Waals surface area contributed by atoms with Crippen molar-refractivity contribution in [1.82, 2.24) is 5.32 Å². The van der Waals surface area contributed by atoms with E-state index in [0.717, 1.165) is 12.8 Å². The first kappa shape index (κ1) is 13.1. The molecular weight excluding hydrogens is 262 g/mol. The van der Waals surface area contributed by atoms with Crippen LogP contribution >= 0.6 is 0 Å². The minimum atomic E-state index is 0.109. The van der Waals surface area contributed by atoms with E-state index >= 15 is 0 Å². The second-order valence-electron chi connectivity index (χ2n) is 6.54. The number of carbonyl (C=O) groups excluding carboxylic acids is 1. The van der Waals surface area contributed by atoms with Crippen LogP contribution in [0.1, 0.15) is 24.0 Å². The number of ether oxygens (including phenoxy) is 1. The van der Waals surface area contributed by atoms with Crippen LogP contribution in [0.15, 0.2) is 36.4 Å². The molecule has 1 amide bonds. The molecule has 1 N–H and O–H groups in total. The highest BCUT2D eigenvalue weighted by molar-refractivity contribution is 5.80. The number of carbonyl (C=O) groups is 1. The fourth-order valence-electron chi connectivity index (χ4n) is 3.97. The Balaban J connectivity index is 1.32. The maximum atomic E-state index is 12.3. The van der Waals surface area contributed by atoms with E-state index in [-0.39, 0.29) is 17.9 Å². The quantitative estimate of drug-likeness (QED) is 0.865. The maximum Gasteiger partial charge on any atom is 0.223 e. The number of nitrogens with one attached hydrogen (secondary N) is 1. The Hall–Kier alpha value is -1.61. The molecule has 110 valence electrons. The third-order valence-corrected chi connectivity index (χ3v) is 5.16. The number of amides is 1. The van der Waals surface area contributed by atoms with Crippen LogP contribution in [0.5, 0.6) is 0 Å². The molecule has 1 saturated carbocycles. The summed E-state index contributed by atoms with van der Waals surface area (Å²) >= 11 is 0. The van der Waals surface area contributed by atoms with Gasteiger partial charge in [-0.1, -0.05) is 36.4 Å². The van der Waals surface area contributed by atoms with Crippen LogP contribution in [0.2, 0.25) is 0 Å².